The number of carbonyl (C=O) groups is 2. The number of rotatable bonds is 3. The van der Waals surface area contributed by atoms with Crippen molar-refractivity contribution >= 4 is 18.0 Å². The molecule has 0 saturated carbocycles. The van der Waals surface area contributed by atoms with Crippen LogP contribution in [0.2, 0.25) is 0 Å². The van der Waals surface area contributed by atoms with Crippen LogP contribution in [0.5, 0.6) is 11.5 Å². The van der Waals surface area contributed by atoms with Gasteiger partial charge in [0.15, 0.2) is 11.5 Å². The zero-order valence-corrected chi connectivity index (χ0v) is 9.94. The Balaban J connectivity index is 2.32. The number of urea groups is 1. The third-order valence-electron chi connectivity index (χ3n) is 2.44. The number of benzene rings is 1. The van der Waals surface area contributed by atoms with Crippen LogP contribution in [0, 0.1) is 0 Å². The molecule has 1 saturated heterocycles. The highest BCUT2D eigenvalue weighted by atomic mass is 16.5. The van der Waals surface area contributed by atoms with Crippen molar-refractivity contribution in [2.24, 2.45) is 0 Å². The molecule has 18 heavy (non-hydrogen) atoms. The molecule has 2 N–H and O–H groups in total. The summed E-state index contributed by atoms with van der Waals surface area (Å²) in [5.74, 6) is 0.700. The van der Waals surface area contributed by atoms with E-state index in [2.05, 4.69) is 10.6 Å². The van der Waals surface area contributed by atoms with Crippen molar-refractivity contribution in [2.75, 3.05) is 14.2 Å². The largest absolute Gasteiger partial charge is 0.493 e. The van der Waals surface area contributed by atoms with Crippen LogP contribution in [0.25, 0.3) is 6.08 Å². The Morgan fingerprint density at radius 1 is 1.06 bits per heavy atom. The molecule has 6 heteroatoms. The molecule has 2 rings (SSSR count). The molecule has 0 unspecified atom stereocenters. The molecule has 0 aliphatic carbocycles. The van der Waals surface area contributed by atoms with Gasteiger partial charge in [0.2, 0.25) is 0 Å². The predicted molar refractivity (Wildman–Crippen MR) is 64.2 cm³/mol. The van der Waals surface area contributed by atoms with Crippen LogP contribution in [0.1, 0.15) is 5.56 Å². The second-order valence-electron chi connectivity index (χ2n) is 3.58. The number of carbonyl (C=O) groups excluding carboxylic acids is 2. The van der Waals surface area contributed by atoms with Gasteiger partial charge in [-0.15, -0.1) is 0 Å². The molecular formula is C12H12N2O4. The summed E-state index contributed by atoms with van der Waals surface area (Å²) < 4.78 is 10.3. The second-order valence-corrected chi connectivity index (χ2v) is 3.58. The normalized spacial score (nSPS) is 16.4. The highest BCUT2D eigenvalue weighted by molar-refractivity contribution is 6.13. The predicted octanol–water partition coefficient (Wildman–Crippen LogP) is 0.884. The van der Waals surface area contributed by atoms with Crippen LogP contribution < -0.4 is 20.1 Å². The van der Waals surface area contributed by atoms with Crippen molar-refractivity contribution in [2.45, 2.75) is 0 Å². The molecule has 0 radical (unpaired) electrons. The molecular weight excluding hydrogens is 236 g/mol. The first-order valence-corrected chi connectivity index (χ1v) is 5.20. The molecule has 1 aromatic carbocycles. The first-order chi connectivity index (χ1) is 8.63. The Hall–Kier alpha value is -2.50. The lowest BCUT2D eigenvalue weighted by molar-refractivity contribution is -0.115. The van der Waals surface area contributed by atoms with E-state index in [0.717, 1.165) is 5.56 Å². The minimum Gasteiger partial charge on any atom is -0.493 e. The molecule has 1 aliphatic rings. The summed E-state index contributed by atoms with van der Waals surface area (Å²) >= 11 is 0. The van der Waals surface area contributed by atoms with Crippen LogP contribution in [-0.2, 0) is 4.79 Å². The average molecular weight is 248 g/mol. The number of nitrogens with one attached hydrogen (secondary N) is 2. The van der Waals surface area contributed by atoms with Gasteiger partial charge in [0.1, 0.15) is 5.70 Å². The van der Waals surface area contributed by atoms with E-state index >= 15 is 0 Å². The molecule has 1 aromatic rings. The van der Waals surface area contributed by atoms with Gasteiger partial charge < -0.3 is 14.8 Å². The fourth-order valence-corrected chi connectivity index (χ4v) is 1.59. The van der Waals surface area contributed by atoms with Gasteiger partial charge in [-0.25, -0.2) is 4.79 Å². The van der Waals surface area contributed by atoms with Crippen molar-refractivity contribution in [3.8, 4) is 11.5 Å². The maximum Gasteiger partial charge on any atom is 0.326 e. The summed E-state index contributed by atoms with van der Waals surface area (Å²) in [5, 5.41) is 4.53. The zero-order chi connectivity index (χ0) is 13.1. The Bertz CT molecular complexity index is 537. The number of methoxy groups -OCH3 is 2. The van der Waals surface area contributed by atoms with Crippen LogP contribution in [-0.4, -0.2) is 26.2 Å². The molecule has 0 aromatic heterocycles. The topological polar surface area (TPSA) is 76.7 Å². The van der Waals surface area contributed by atoms with Gasteiger partial charge in [-0.2, -0.15) is 0 Å². The summed E-state index contributed by atoms with van der Waals surface area (Å²) in [6, 6.07) is 4.67. The molecule has 0 bridgehead atoms. The Morgan fingerprint density at radius 2 is 1.78 bits per heavy atom. The van der Waals surface area contributed by atoms with Gasteiger partial charge in [-0.05, 0) is 23.8 Å². The van der Waals surface area contributed by atoms with Crippen molar-refractivity contribution in [3.05, 3.63) is 29.5 Å². The van der Waals surface area contributed by atoms with Crippen molar-refractivity contribution in [1.29, 1.82) is 0 Å². The number of hydrogen-bond donors (Lipinski definition) is 2. The number of hydrogen-bond acceptors (Lipinski definition) is 4. The second kappa shape index (κ2) is 4.79. The lowest BCUT2D eigenvalue weighted by Crippen LogP contribution is -2.22. The minimum absolute atomic E-state index is 0.201. The fraction of sp³-hybridized carbons (Fsp3) is 0.167. The molecule has 3 amide bonds. The van der Waals surface area contributed by atoms with Gasteiger partial charge in [-0.1, -0.05) is 6.07 Å². The Kier molecular flexibility index (Phi) is 3.18. The highest BCUT2D eigenvalue weighted by Gasteiger charge is 2.22. The van der Waals surface area contributed by atoms with Crippen molar-refractivity contribution < 1.29 is 19.1 Å². The van der Waals surface area contributed by atoms with E-state index in [1.54, 1.807) is 31.4 Å². The summed E-state index contributed by atoms with van der Waals surface area (Å²) in [6.45, 7) is 0. The maximum absolute atomic E-state index is 11.3. The van der Waals surface area contributed by atoms with Gasteiger partial charge in [-0.3, -0.25) is 10.1 Å². The van der Waals surface area contributed by atoms with Gasteiger partial charge >= 0.3 is 6.03 Å². The molecule has 1 fully saturated rings. The standard InChI is InChI=1S/C12H12N2O4/c1-17-9-4-3-7(6-10(9)18-2)5-8-11(15)14-12(16)13-8/h3-6H,1-2H3,(H2,13,14,15,16)/b8-5-. The first-order valence-electron chi connectivity index (χ1n) is 5.20. The molecule has 0 spiro atoms. The number of ether oxygens (including phenoxy) is 2. The van der Waals surface area contributed by atoms with Crippen molar-refractivity contribution in [3.63, 3.8) is 0 Å². The summed E-state index contributed by atoms with van der Waals surface area (Å²) in [7, 11) is 3.07. The molecule has 94 valence electrons. The summed E-state index contributed by atoms with van der Waals surface area (Å²) in [6.07, 6.45) is 1.56. The van der Waals surface area contributed by atoms with Crippen LogP contribution in [0.15, 0.2) is 23.9 Å². The third-order valence-corrected chi connectivity index (χ3v) is 2.44. The quantitative estimate of drug-likeness (QED) is 0.615. The summed E-state index contributed by atoms with van der Waals surface area (Å²) in [5.41, 5.74) is 0.923. The lowest BCUT2D eigenvalue weighted by atomic mass is 10.1. The molecule has 6 nitrogen and oxygen atoms in total. The average Bonchev–Trinajstić information content (AvgIpc) is 2.67. The smallest absolute Gasteiger partial charge is 0.326 e. The SMILES string of the molecule is COc1ccc(/C=C2\NC(=O)NC2=O)cc1OC. The fourth-order valence-electron chi connectivity index (χ4n) is 1.59. The van der Waals surface area contributed by atoms with E-state index in [4.69, 9.17) is 9.47 Å². The molecule has 0 atom stereocenters. The van der Waals surface area contributed by atoms with Crippen molar-refractivity contribution in [1.82, 2.24) is 10.6 Å². The Labute approximate surface area is 104 Å². The highest BCUT2D eigenvalue weighted by Crippen LogP contribution is 2.28. The van der Waals surface area contributed by atoms with Gasteiger partial charge in [0, 0.05) is 0 Å². The molecule has 1 heterocycles. The van der Waals surface area contributed by atoms with E-state index < -0.39 is 11.9 Å². The third kappa shape index (κ3) is 2.27. The van der Waals surface area contributed by atoms with Crippen LogP contribution in [0.3, 0.4) is 0 Å². The first kappa shape index (κ1) is 12.0. The minimum atomic E-state index is -0.522. The maximum atomic E-state index is 11.3. The zero-order valence-electron chi connectivity index (χ0n) is 9.94. The van der Waals surface area contributed by atoms with E-state index in [-0.39, 0.29) is 5.70 Å². The van der Waals surface area contributed by atoms with Gasteiger partial charge in [0.05, 0.1) is 14.2 Å². The lowest BCUT2D eigenvalue weighted by Gasteiger charge is -2.07. The molecule has 1 aliphatic heterocycles. The number of imide groups is 1. The van der Waals surface area contributed by atoms with Crippen LogP contribution in [0.4, 0.5) is 4.79 Å². The summed E-state index contributed by atoms with van der Waals surface area (Å²) in [4.78, 5) is 22.3. The van der Waals surface area contributed by atoms with E-state index in [0.29, 0.717) is 11.5 Å². The van der Waals surface area contributed by atoms with Gasteiger partial charge in [0.25, 0.3) is 5.91 Å². The van der Waals surface area contributed by atoms with E-state index in [1.165, 1.54) is 7.11 Å². The van der Waals surface area contributed by atoms with E-state index in [9.17, 15) is 9.59 Å². The van der Waals surface area contributed by atoms with Crippen LogP contribution >= 0.6 is 0 Å². The number of amides is 3. The van der Waals surface area contributed by atoms with E-state index in [1.807, 2.05) is 0 Å². The Morgan fingerprint density at radius 3 is 2.33 bits per heavy atom. The monoisotopic (exact) mass is 248 g/mol.